The van der Waals surface area contributed by atoms with E-state index in [1.54, 1.807) is 0 Å². The standard InChI is InChI=1S/C13H16N2O/c1-2-14-13(16)11-8-9-15-12(11)10-6-4-3-5-7-10/h3-8,12,15H,2,9H2,1H3,(H,14,16). The highest BCUT2D eigenvalue weighted by Gasteiger charge is 2.25. The molecule has 84 valence electrons. The van der Waals surface area contributed by atoms with Crippen LogP contribution in [-0.2, 0) is 4.79 Å². The van der Waals surface area contributed by atoms with E-state index in [1.165, 1.54) is 0 Å². The van der Waals surface area contributed by atoms with Gasteiger partial charge in [0.25, 0.3) is 0 Å². The van der Waals surface area contributed by atoms with Crippen molar-refractivity contribution in [3.63, 3.8) is 0 Å². The van der Waals surface area contributed by atoms with E-state index in [-0.39, 0.29) is 11.9 Å². The third kappa shape index (κ3) is 2.14. The van der Waals surface area contributed by atoms with Crippen molar-refractivity contribution in [2.75, 3.05) is 13.1 Å². The van der Waals surface area contributed by atoms with Crippen LogP contribution in [0.4, 0.5) is 0 Å². The molecule has 0 radical (unpaired) electrons. The molecule has 1 atom stereocenters. The fourth-order valence-corrected chi connectivity index (χ4v) is 1.94. The SMILES string of the molecule is CCNC(=O)C1=CCNC1c1ccccc1. The summed E-state index contributed by atoms with van der Waals surface area (Å²) in [5.41, 5.74) is 1.96. The lowest BCUT2D eigenvalue weighted by Crippen LogP contribution is -2.28. The van der Waals surface area contributed by atoms with Crippen molar-refractivity contribution in [3.05, 3.63) is 47.5 Å². The quantitative estimate of drug-likeness (QED) is 0.801. The fourth-order valence-electron chi connectivity index (χ4n) is 1.94. The van der Waals surface area contributed by atoms with Gasteiger partial charge in [-0.05, 0) is 12.5 Å². The van der Waals surface area contributed by atoms with E-state index in [1.807, 2.05) is 43.3 Å². The van der Waals surface area contributed by atoms with Gasteiger partial charge in [-0.1, -0.05) is 36.4 Å². The van der Waals surface area contributed by atoms with Crippen LogP contribution < -0.4 is 10.6 Å². The van der Waals surface area contributed by atoms with Crippen LogP contribution in [0.15, 0.2) is 42.0 Å². The molecule has 1 aromatic carbocycles. The Balaban J connectivity index is 2.18. The average molecular weight is 216 g/mol. The number of benzene rings is 1. The Morgan fingerprint density at radius 1 is 1.44 bits per heavy atom. The van der Waals surface area contributed by atoms with Crippen molar-refractivity contribution in [1.29, 1.82) is 0 Å². The highest BCUT2D eigenvalue weighted by Crippen LogP contribution is 2.24. The van der Waals surface area contributed by atoms with Crippen LogP contribution in [0.25, 0.3) is 0 Å². The lowest BCUT2D eigenvalue weighted by Gasteiger charge is -2.15. The van der Waals surface area contributed by atoms with Crippen LogP contribution in [-0.4, -0.2) is 19.0 Å². The highest BCUT2D eigenvalue weighted by atomic mass is 16.1. The van der Waals surface area contributed by atoms with Crippen LogP contribution >= 0.6 is 0 Å². The molecule has 0 aromatic heterocycles. The van der Waals surface area contributed by atoms with Gasteiger partial charge in [0.2, 0.25) is 5.91 Å². The predicted octanol–water partition coefficient (Wildman–Crippen LogP) is 1.39. The average Bonchev–Trinajstić information content (AvgIpc) is 2.79. The molecular weight excluding hydrogens is 200 g/mol. The first kappa shape index (κ1) is 10.9. The van der Waals surface area contributed by atoms with E-state index in [9.17, 15) is 4.79 Å². The lowest BCUT2D eigenvalue weighted by molar-refractivity contribution is -0.117. The summed E-state index contributed by atoms with van der Waals surface area (Å²) in [6.07, 6.45) is 1.96. The number of likely N-dealkylation sites (N-methyl/N-ethyl adjacent to an activating group) is 1. The van der Waals surface area contributed by atoms with E-state index in [0.29, 0.717) is 6.54 Å². The first-order valence-electron chi connectivity index (χ1n) is 5.59. The molecule has 1 aliphatic rings. The number of hydrogen-bond donors (Lipinski definition) is 2. The topological polar surface area (TPSA) is 41.1 Å². The summed E-state index contributed by atoms with van der Waals surface area (Å²) >= 11 is 0. The molecule has 16 heavy (non-hydrogen) atoms. The van der Waals surface area contributed by atoms with Crippen LogP contribution in [0.3, 0.4) is 0 Å². The number of carbonyl (C=O) groups is 1. The molecule has 2 rings (SSSR count). The largest absolute Gasteiger partial charge is 0.353 e. The molecular formula is C13H16N2O. The molecule has 2 N–H and O–H groups in total. The van der Waals surface area contributed by atoms with Gasteiger partial charge in [-0.15, -0.1) is 0 Å². The van der Waals surface area contributed by atoms with Gasteiger partial charge in [0.15, 0.2) is 0 Å². The Kier molecular flexibility index (Phi) is 3.37. The van der Waals surface area contributed by atoms with Crippen LogP contribution in [0.5, 0.6) is 0 Å². The maximum absolute atomic E-state index is 11.8. The van der Waals surface area contributed by atoms with Crippen LogP contribution in [0.1, 0.15) is 18.5 Å². The predicted molar refractivity (Wildman–Crippen MR) is 64.0 cm³/mol. The summed E-state index contributed by atoms with van der Waals surface area (Å²) in [4.78, 5) is 11.8. The second-order valence-corrected chi connectivity index (χ2v) is 3.77. The Morgan fingerprint density at radius 2 is 2.19 bits per heavy atom. The molecule has 3 nitrogen and oxygen atoms in total. The smallest absolute Gasteiger partial charge is 0.248 e. The number of hydrogen-bond acceptors (Lipinski definition) is 2. The van der Waals surface area contributed by atoms with Crippen molar-refractivity contribution >= 4 is 5.91 Å². The molecule has 0 bridgehead atoms. The van der Waals surface area contributed by atoms with Gasteiger partial charge in [0, 0.05) is 18.7 Å². The summed E-state index contributed by atoms with van der Waals surface area (Å²) in [6.45, 7) is 3.35. The zero-order valence-electron chi connectivity index (χ0n) is 9.36. The normalized spacial score (nSPS) is 19.3. The summed E-state index contributed by atoms with van der Waals surface area (Å²) in [7, 11) is 0. The molecule has 0 spiro atoms. The van der Waals surface area contributed by atoms with Crippen LogP contribution in [0, 0.1) is 0 Å². The van der Waals surface area contributed by atoms with E-state index >= 15 is 0 Å². The van der Waals surface area contributed by atoms with E-state index in [0.717, 1.165) is 17.7 Å². The Bertz CT molecular complexity index is 398. The van der Waals surface area contributed by atoms with Gasteiger partial charge in [0.1, 0.15) is 0 Å². The summed E-state index contributed by atoms with van der Waals surface area (Å²) in [6, 6.07) is 10.1. The molecule has 1 unspecified atom stereocenters. The van der Waals surface area contributed by atoms with E-state index < -0.39 is 0 Å². The molecule has 1 aromatic rings. The monoisotopic (exact) mass is 216 g/mol. The van der Waals surface area contributed by atoms with E-state index in [2.05, 4.69) is 10.6 Å². The maximum Gasteiger partial charge on any atom is 0.248 e. The minimum atomic E-state index is 0.0290. The Morgan fingerprint density at radius 3 is 2.88 bits per heavy atom. The third-order valence-electron chi connectivity index (χ3n) is 2.69. The summed E-state index contributed by atoms with van der Waals surface area (Å²) in [5, 5.41) is 6.15. The maximum atomic E-state index is 11.8. The second kappa shape index (κ2) is 4.94. The van der Waals surface area contributed by atoms with Crippen molar-refractivity contribution in [1.82, 2.24) is 10.6 Å². The minimum absolute atomic E-state index is 0.0290. The number of amides is 1. The van der Waals surface area contributed by atoms with Gasteiger partial charge in [-0.2, -0.15) is 0 Å². The fraction of sp³-hybridized carbons (Fsp3) is 0.308. The number of nitrogens with one attached hydrogen (secondary N) is 2. The Hall–Kier alpha value is -1.61. The zero-order chi connectivity index (χ0) is 11.4. The summed E-state index contributed by atoms with van der Waals surface area (Å²) < 4.78 is 0. The highest BCUT2D eigenvalue weighted by molar-refractivity contribution is 5.95. The first-order valence-corrected chi connectivity index (χ1v) is 5.59. The van der Waals surface area contributed by atoms with Gasteiger partial charge >= 0.3 is 0 Å². The molecule has 0 saturated heterocycles. The molecule has 1 aliphatic heterocycles. The van der Waals surface area contributed by atoms with Gasteiger partial charge in [-0.3, -0.25) is 4.79 Å². The summed E-state index contributed by atoms with van der Waals surface area (Å²) in [5.74, 6) is 0.0290. The molecule has 1 amide bonds. The number of rotatable bonds is 3. The molecule has 0 fully saturated rings. The van der Waals surface area contributed by atoms with Crippen LogP contribution in [0.2, 0.25) is 0 Å². The van der Waals surface area contributed by atoms with Crippen molar-refractivity contribution < 1.29 is 4.79 Å². The second-order valence-electron chi connectivity index (χ2n) is 3.77. The minimum Gasteiger partial charge on any atom is -0.353 e. The zero-order valence-corrected chi connectivity index (χ0v) is 9.36. The van der Waals surface area contributed by atoms with Gasteiger partial charge < -0.3 is 10.6 Å². The molecule has 1 heterocycles. The molecule has 0 saturated carbocycles. The number of carbonyl (C=O) groups excluding carboxylic acids is 1. The van der Waals surface area contributed by atoms with Crippen molar-refractivity contribution in [3.8, 4) is 0 Å². The first-order chi connectivity index (χ1) is 7.83. The van der Waals surface area contributed by atoms with Gasteiger partial charge in [0.05, 0.1) is 6.04 Å². The Labute approximate surface area is 95.6 Å². The molecule has 3 heteroatoms. The lowest BCUT2D eigenvalue weighted by atomic mass is 10.0. The van der Waals surface area contributed by atoms with Gasteiger partial charge in [-0.25, -0.2) is 0 Å². The van der Waals surface area contributed by atoms with Crippen molar-refractivity contribution in [2.24, 2.45) is 0 Å². The molecule has 0 aliphatic carbocycles. The van der Waals surface area contributed by atoms with Crippen molar-refractivity contribution in [2.45, 2.75) is 13.0 Å². The third-order valence-corrected chi connectivity index (χ3v) is 2.69. The van der Waals surface area contributed by atoms with E-state index in [4.69, 9.17) is 0 Å².